The molecular formula is C27H23BrN2O2S. The first-order valence-corrected chi connectivity index (χ1v) is 12.8. The molecule has 33 heavy (non-hydrogen) atoms. The molecule has 0 aliphatic heterocycles. The summed E-state index contributed by atoms with van der Waals surface area (Å²) < 4.78 is 8.30. The molecule has 0 amide bonds. The van der Waals surface area contributed by atoms with Crippen LogP contribution in [0.25, 0.3) is 27.9 Å². The van der Waals surface area contributed by atoms with Crippen LogP contribution in [0.3, 0.4) is 0 Å². The molecule has 0 N–H and O–H groups in total. The maximum Gasteiger partial charge on any atom is 0.339 e. The number of methoxy groups -OCH3 is 1. The van der Waals surface area contributed by atoms with E-state index >= 15 is 0 Å². The fourth-order valence-corrected chi connectivity index (χ4v) is 5.60. The van der Waals surface area contributed by atoms with Gasteiger partial charge in [0.05, 0.1) is 24.1 Å². The van der Waals surface area contributed by atoms with Crippen molar-refractivity contribution in [3.05, 3.63) is 87.7 Å². The molecule has 5 rings (SSSR count). The molecule has 4 nitrogen and oxygen atoms in total. The van der Waals surface area contributed by atoms with E-state index in [0.29, 0.717) is 5.56 Å². The van der Waals surface area contributed by atoms with Gasteiger partial charge in [-0.1, -0.05) is 46.3 Å². The molecule has 0 radical (unpaired) electrons. The number of aromatic nitrogens is 2. The highest BCUT2D eigenvalue weighted by atomic mass is 79.9. The van der Waals surface area contributed by atoms with Crippen molar-refractivity contribution in [2.75, 3.05) is 13.4 Å². The highest BCUT2D eigenvalue weighted by molar-refractivity contribution is 9.10. The summed E-state index contributed by atoms with van der Waals surface area (Å²) >= 11 is 5.11. The maximum atomic E-state index is 13.1. The van der Waals surface area contributed by atoms with Crippen molar-refractivity contribution < 1.29 is 9.53 Å². The predicted octanol–water partition coefficient (Wildman–Crippen LogP) is 6.88. The number of fused-ring (bicyclic) bond motifs is 3. The fourth-order valence-electron chi connectivity index (χ4n) is 4.71. The Labute approximate surface area is 206 Å². The number of thioether (sulfide) groups is 1. The second-order valence-corrected chi connectivity index (χ2v) is 9.77. The van der Waals surface area contributed by atoms with E-state index in [0.717, 1.165) is 61.5 Å². The summed E-state index contributed by atoms with van der Waals surface area (Å²) in [5.74, 6) is -0.308. The molecule has 1 aromatic heterocycles. The number of ether oxygens (including phenoxy) is 1. The molecule has 0 saturated carbocycles. The van der Waals surface area contributed by atoms with Crippen LogP contribution in [0, 0.1) is 6.92 Å². The number of rotatable bonds is 4. The molecule has 0 atom stereocenters. The van der Waals surface area contributed by atoms with Crippen molar-refractivity contribution in [2.45, 2.75) is 24.7 Å². The van der Waals surface area contributed by atoms with E-state index in [1.54, 1.807) is 11.8 Å². The van der Waals surface area contributed by atoms with Gasteiger partial charge in [0.15, 0.2) is 0 Å². The molecule has 1 heterocycles. The highest BCUT2D eigenvalue weighted by Gasteiger charge is 2.32. The minimum atomic E-state index is -0.308. The Morgan fingerprint density at radius 2 is 1.79 bits per heavy atom. The normalized spacial score (nSPS) is 12.2. The molecule has 1 aliphatic carbocycles. The maximum absolute atomic E-state index is 13.1. The van der Waals surface area contributed by atoms with E-state index < -0.39 is 0 Å². The smallest absolute Gasteiger partial charge is 0.339 e. The minimum absolute atomic E-state index is 0.308. The van der Waals surface area contributed by atoms with E-state index in [2.05, 4.69) is 65.3 Å². The molecule has 0 spiro atoms. The fraction of sp³-hybridized carbons (Fsp3) is 0.185. The Balaban J connectivity index is 1.84. The number of esters is 1. The monoisotopic (exact) mass is 518 g/mol. The minimum Gasteiger partial charge on any atom is -0.465 e. The predicted molar refractivity (Wildman–Crippen MR) is 137 cm³/mol. The number of carbonyl (C=O) groups excluding carboxylic acids is 1. The average Bonchev–Trinajstić information content (AvgIpc) is 3.20. The third-order valence-electron chi connectivity index (χ3n) is 6.21. The summed E-state index contributed by atoms with van der Waals surface area (Å²) in [5.41, 5.74) is 9.19. The van der Waals surface area contributed by atoms with E-state index in [9.17, 15) is 4.79 Å². The number of benzene rings is 3. The quantitative estimate of drug-likeness (QED) is 0.218. The number of carbonyl (C=O) groups is 1. The second kappa shape index (κ2) is 8.84. The third kappa shape index (κ3) is 3.71. The summed E-state index contributed by atoms with van der Waals surface area (Å²) in [6.07, 6.45) is 3.65. The summed E-state index contributed by atoms with van der Waals surface area (Å²) in [5, 5.41) is 4.97. The standard InChI is InChI=1S/C27H23BrN2O2S/c1-16-24-22(29-30(16)19-7-5-4-6-8-19)14-13-20-21(17-9-11-18(28)12-10-17)15-23(33-3)26(25(20)24)27(31)32-2/h4-12,15H,13-14H2,1-3H3. The summed E-state index contributed by atoms with van der Waals surface area (Å²) in [7, 11) is 1.45. The molecule has 0 unspecified atom stereocenters. The molecular weight excluding hydrogens is 496 g/mol. The van der Waals surface area contributed by atoms with Gasteiger partial charge in [-0.3, -0.25) is 0 Å². The third-order valence-corrected chi connectivity index (χ3v) is 7.51. The molecule has 0 bridgehead atoms. The van der Waals surface area contributed by atoms with Gasteiger partial charge in [0.1, 0.15) is 0 Å². The molecule has 6 heteroatoms. The van der Waals surface area contributed by atoms with Crippen molar-refractivity contribution in [1.29, 1.82) is 0 Å². The zero-order chi connectivity index (χ0) is 23.1. The van der Waals surface area contributed by atoms with Crippen LogP contribution in [0.5, 0.6) is 0 Å². The van der Waals surface area contributed by atoms with Crippen LogP contribution in [0.1, 0.15) is 27.3 Å². The van der Waals surface area contributed by atoms with Crippen LogP contribution in [0.15, 0.2) is 70.0 Å². The molecule has 4 aromatic rings. The van der Waals surface area contributed by atoms with Gasteiger partial charge in [-0.05, 0) is 73.0 Å². The SMILES string of the molecule is COC(=O)c1c(SC)cc(-c2ccc(Br)cc2)c2c1-c1c(nn(-c3ccccc3)c1C)CC2. The zero-order valence-corrected chi connectivity index (χ0v) is 21.1. The van der Waals surface area contributed by atoms with Crippen molar-refractivity contribution in [3.8, 4) is 27.9 Å². The zero-order valence-electron chi connectivity index (χ0n) is 18.7. The second-order valence-electron chi connectivity index (χ2n) is 8.01. The molecule has 3 aromatic carbocycles. The first-order valence-electron chi connectivity index (χ1n) is 10.8. The van der Waals surface area contributed by atoms with Gasteiger partial charge in [0.25, 0.3) is 0 Å². The van der Waals surface area contributed by atoms with Gasteiger partial charge in [-0.15, -0.1) is 11.8 Å². The Morgan fingerprint density at radius 3 is 2.45 bits per heavy atom. The lowest BCUT2D eigenvalue weighted by molar-refractivity contribution is 0.0597. The van der Waals surface area contributed by atoms with E-state index in [1.807, 2.05) is 29.1 Å². The van der Waals surface area contributed by atoms with Gasteiger partial charge in [0, 0.05) is 26.2 Å². The Morgan fingerprint density at radius 1 is 1.06 bits per heavy atom. The van der Waals surface area contributed by atoms with Crippen molar-refractivity contribution in [1.82, 2.24) is 9.78 Å². The number of para-hydroxylation sites is 1. The lowest BCUT2D eigenvalue weighted by Crippen LogP contribution is -2.14. The highest BCUT2D eigenvalue weighted by Crippen LogP contribution is 2.46. The first kappa shape index (κ1) is 22.0. The molecule has 1 aliphatic rings. The van der Waals surface area contributed by atoms with Gasteiger partial charge in [0.2, 0.25) is 0 Å². The lowest BCUT2D eigenvalue weighted by Gasteiger charge is -2.24. The molecule has 0 fully saturated rings. The van der Waals surface area contributed by atoms with Crippen molar-refractivity contribution >= 4 is 33.7 Å². The topological polar surface area (TPSA) is 44.1 Å². The average molecular weight is 519 g/mol. The van der Waals surface area contributed by atoms with E-state index in [-0.39, 0.29) is 5.97 Å². The summed E-state index contributed by atoms with van der Waals surface area (Å²) in [6, 6.07) is 20.6. The Kier molecular flexibility index (Phi) is 5.89. The van der Waals surface area contributed by atoms with Crippen LogP contribution in [-0.4, -0.2) is 29.1 Å². The van der Waals surface area contributed by atoms with Crippen molar-refractivity contribution in [3.63, 3.8) is 0 Å². The number of hydrogen-bond donors (Lipinski definition) is 0. The van der Waals surface area contributed by atoms with Crippen LogP contribution in [0.4, 0.5) is 0 Å². The summed E-state index contributed by atoms with van der Waals surface area (Å²) in [4.78, 5) is 14.0. The molecule has 0 saturated heterocycles. The van der Waals surface area contributed by atoms with E-state index in [1.165, 1.54) is 12.7 Å². The van der Waals surface area contributed by atoms with Crippen LogP contribution < -0.4 is 0 Å². The number of nitrogens with zero attached hydrogens (tertiary/aromatic N) is 2. The number of hydrogen-bond acceptors (Lipinski definition) is 4. The number of halogens is 1. The number of aryl methyl sites for hydroxylation is 1. The lowest BCUT2D eigenvalue weighted by atomic mass is 9.81. The van der Waals surface area contributed by atoms with Crippen LogP contribution in [0.2, 0.25) is 0 Å². The van der Waals surface area contributed by atoms with Crippen LogP contribution >= 0.6 is 27.7 Å². The largest absolute Gasteiger partial charge is 0.465 e. The van der Waals surface area contributed by atoms with Gasteiger partial charge < -0.3 is 4.74 Å². The van der Waals surface area contributed by atoms with Crippen molar-refractivity contribution in [2.24, 2.45) is 0 Å². The van der Waals surface area contributed by atoms with Crippen LogP contribution in [-0.2, 0) is 17.6 Å². The first-order chi connectivity index (χ1) is 16.0. The van der Waals surface area contributed by atoms with E-state index in [4.69, 9.17) is 9.84 Å². The molecule has 166 valence electrons. The van der Waals surface area contributed by atoms with Gasteiger partial charge in [-0.2, -0.15) is 5.10 Å². The van der Waals surface area contributed by atoms with Gasteiger partial charge >= 0.3 is 5.97 Å². The Bertz CT molecular complexity index is 1360. The summed E-state index contributed by atoms with van der Waals surface area (Å²) in [6.45, 7) is 2.08. The Hall–Kier alpha value is -2.83. The van der Waals surface area contributed by atoms with Gasteiger partial charge in [-0.25, -0.2) is 9.48 Å².